The van der Waals surface area contributed by atoms with E-state index in [1.165, 1.54) is 18.4 Å². The maximum atomic E-state index is 12.4. The molecule has 1 aromatic heterocycles. The summed E-state index contributed by atoms with van der Waals surface area (Å²) < 4.78 is 33.0. The molecule has 0 unspecified atom stereocenters. The van der Waals surface area contributed by atoms with E-state index in [0.29, 0.717) is 4.80 Å². The molecule has 3 rings (SSSR count). The molecule has 0 saturated heterocycles. The zero-order valence-corrected chi connectivity index (χ0v) is 20.2. The molecule has 10 heteroatoms. The molecule has 1 heterocycles. The van der Waals surface area contributed by atoms with Crippen LogP contribution in [-0.4, -0.2) is 37.7 Å². The highest BCUT2D eigenvalue weighted by atomic mass is 79.9. The van der Waals surface area contributed by atoms with Gasteiger partial charge >= 0.3 is 5.97 Å². The highest BCUT2D eigenvalue weighted by molar-refractivity contribution is 9.10. The van der Waals surface area contributed by atoms with Gasteiger partial charge in [-0.2, -0.15) is 4.99 Å². The predicted octanol–water partition coefficient (Wildman–Crippen LogP) is 3.63. The second-order valence-corrected chi connectivity index (χ2v) is 10.9. The first-order valence-corrected chi connectivity index (χ1v) is 12.7. The summed E-state index contributed by atoms with van der Waals surface area (Å²) in [7, 11) is -2.17. The number of amides is 1. The molecular weight excluding hydrogens is 504 g/mol. The fraction of sp³-hybridized carbons (Fsp3) is 0.286. The molecule has 0 aliphatic rings. The minimum atomic E-state index is -3.46. The smallest absolute Gasteiger partial charge is 0.325 e. The number of sulfone groups is 1. The summed E-state index contributed by atoms with van der Waals surface area (Å²) in [6.45, 7) is 1.81. The van der Waals surface area contributed by atoms with Crippen LogP contribution in [0.3, 0.4) is 0 Å². The van der Waals surface area contributed by atoms with Crippen molar-refractivity contribution in [2.45, 2.75) is 31.2 Å². The maximum Gasteiger partial charge on any atom is 0.325 e. The quantitative estimate of drug-likeness (QED) is 0.439. The SMILES string of the molecule is COC(=O)Cn1c(=NC(=O)CCCS(=O)(=O)c2ccc(C)cc2)sc2cc(Br)ccc21. The van der Waals surface area contributed by atoms with Crippen LogP contribution >= 0.6 is 27.3 Å². The number of methoxy groups -OCH3 is 1. The highest BCUT2D eigenvalue weighted by Crippen LogP contribution is 2.22. The van der Waals surface area contributed by atoms with Gasteiger partial charge in [-0.05, 0) is 43.7 Å². The number of halogens is 1. The summed E-state index contributed by atoms with van der Waals surface area (Å²) in [4.78, 5) is 29.0. The van der Waals surface area contributed by atoms with Crippen molar-refractivity contribution >= 4 is 59.2 Å². The summed E-state index contributed by atoms with van der Waals surface area (Å²) in [5, 5.41) is 0. The first kappa shape index (κ1) is 23.4. The van der Waals surface area contributed by atoms with Crippen molar-refractivity contribution in [2.24, 2.45) is 4.99 Å². The number of nitrogens with zero attached hydrogens (tertiary/aromatic N) is 2. The molecule has 1 amide bonds. The molecule has 164 valence electrons. The number of benzene rings is 2. The summed E-state index contributed by atoms with van der Waals surface area (Å²) >= 11 is 4.68. The Morgan fingerprint density at radius 3 is 2.55 bits per heavy atom. The molecule has 0 spiro atoms. The number of aryl methyl sites for hydroxylation is 1. The summed E-state index contributed by atoms with van der Waals surface area (Å²) in [6, 6.07) is 12.2. The van der Waals surface area contributed by atoms with E-state index >= 15 is 0 Å². The van der Waals surface area contributed by atoms with E-state index in [2.05, 4.69) is 20.9 Å². The third kappa shape index (κ3) is 5.90. The molecule has 31 heavy (non-hydrogen) atoms. The van der Waals surface area contributed by atoms with Gasteiger partial charge in [0.2, 0.25) is 5.91 Å². The summed E-state index contributed by atoms with van der Waals surface area (Å²) in [5.74, 6) is -1.04. The van der Waals surface area contributed by atoms with E-state index in [9.17, 15) is 18.0 Å². The van der Waals surface area contributed by atoms with Gasteiger partial charge in [-0.25, -0.2) is 8.42 Å². The molecule has 7 nitrogen and oxygen atoms in total. The lowest BCUT2D eigenvalue weighted by Crippen LogP contribution is -2.22. The van der Waals surface area contributed by atoms with Crippen molar-refractivity contribution in [1.29, 1.82) is 0 Å². The number of carbonyl (C=O) groups is 2. The van der Waals surface area contributed by atoms with E-state index in [-0.39, 0.29) is 30.0 Å². The fourth-order valence-corrected chi connectivity index (χ4v) is 5.83. The lowest BCUT2D eigenvalue weighted by molar-refractivity contribution is -0.141. The lowest BCUT2D eigenvalue weighted by Gasteiger charge is -2.04. The minimum Gasteiger partial charge on any atom is -0.468 e. The van der Waals surface area contributed by atoms with E-state index in [1.807, 2.05) is 25.1 Å². The number of fused-ring (bicyclic) bond motifs is 1. The van der Waals surface area contributed by atoms with Crippen molar-refractivity contribution in [2.75, 3.05) is 12.9 Å². The number of esters is 1. The van der Waals surface area contributed by atoms with E-state index in [0.717, 1.165) is 20.3 Å². The first-order valence-electron chi connectivity index (χ1n) is 9.42. The van der Waals surface area contributed by atoms with Gasteiger partial charge in [-0.15, -0.1) is 0 Å². The van der Waals surface area contributed by atoms with Crippen LogP contribution in [0.2, 0.25) is 0 Å². The molecule has 2 aromatic carbocycles. The fourth-order valence-electron chi connectivity index (χ4n) is 2.92. The number of hydrogen-bond donors (Lipinski definition) is 0. The Labute approximate surface area is 192 Å². The van der Waals surface area contributed by atoms with Crippen LogP contribution in [0.5, 0.6) is 0 Å². The van der Waals surface area contributed by atoms with Crippen LogP contribution < -0.4 is 4.80 Å². The molecule has 0 N–H and O–H groups in total. The zero-order valence-electron chi connectivity index (χ0n) is 17.0. The zero-order chi connectivity index (χ0) is 22.6. The number of ether oxygens (including phenoxy) is 1. The van der Waals surface area contributed by atoms with Crippen LogP contribution in [-0.2, 0) is 30.7 Å². The van der Waals surface area contributed by atoms with Gasteiger partial charge in [0.05, 0.1) is 28.0 Å². The van der Waals surface area contributed by atoms with Crippen LogP contribution in [0.15, 0.2) is 56.8 Å². The average molecular weight is 525 g/mol. The monoisotopic (exact) mass is 524 g/mol. The Balaban J connectivity index is 1.78. The van der Waals surface area contributed by atoms with Crippen LogP contribution in [0.4, 0.5) is 0 Å². The third-order valence-electron chi connectivity index (χ3n) is 4.56. The van der Waals surface area contributed by atoms with Crippen molar-refractivity contribution in [3.63, 3.8) is 0 Å². The molecule has 0 radical (unpaired) electrons. The molecule has 0 bridgehead atoms. The summed E-state index contributed by atoms with van der Waals surface area (Å²) in [6.07, 6.45) is 0.146. The van der Waals surface area contributed by atoms with Gasteiger partial charge in [0.1, 0.15) is 6.54 Å². The molecule has 0 atom stereocenters. The Hall–Kier alpha value is -2.30. The molecule has 0 aliphatic carbocycles. The average Bonchev–Trinajstić information content (AvgIpc) is 3.03. The van der Waals surface area contributed by atoms with Crippen molar-refractivity contribution < 1.29 is 22.7 Å². The van der Waals surface area contributed by atoms with Gasteiger partial charge in [0, 0.05) is 10.9 Å². The number of thiazole rings is 1. The van der Waals surface area contributed by atoms with Gasteiger partial charge in [-0.3, -0.25) is 9.59 Å². The maximum absolute atomic E-state index is 12.4. The van der Waals surface area contributed by atoms with E-state index in [4.69, 9.17) is 4.74 Å². The number of carbonyl (C=O) groups excluding carboxylic acids is 2. The van der Waals surface area contributed by atoms with Crippen molar-refractivity contribution in [1.82, 2.24) is 4.57 Å². The van der Waals surface area contributed by atoms with E-state index in [1.54, 1.807) is 28.8 Å². The Morgan fingerprint density at radius 1 is 1.16 bits per heavy atom. The standard InChI is InChI=1S/C21H21BrN2O5S2/c1-14-5-8-16(9-6-14)31(27,28)11-3-4-19(25)23-21-24(13-20(26)29-2)17-10-7-15(22)12-18(17)30-21/h5-10,12H,3-4,11,13H2,1-2H3. The lowest BCUT2D eigenvalue weighted by atomic mass is 10.2. The van der Waals surface area contributed by atoms with Crippen molar-refractivity contribution in [3.05, 3.63) is 57.3 Å². The van der Waals surface area contributed by atoms with Crippen LogP contribution in [0.25, 0.3) is 10.2 Å². The van der Waals surface area contributed by atoms with Gasteiger partial charge in [0.15, 0.2) is 14.6 Å². The summed E-state index contributed by atoms with van der Waals surface area (Å²) in [5.41, 5.74) is 1.73. The normalized spacial score (nSPS) is 12.3. The molecular formula is C21H21BrN2O5S2. The Kier molecular flexibility index (Phi) is 7.45. The minimum absolute atomic E-state index is 0.0126. The first-order chi connectivity index (χ1) is 14.7. The Bertz CT molecular complexity index is 1290. The second kappa shape index (κ2) is 9.88. The predicted molar refractivity (Wildman–Crippen MR) is 123 cm³/mol. The van der Waals surface area contributed by atoms with E-state index < -0.39 is 21.7 Å². The van der Waals surface area contributed by atoms with Crippen LogP contribution in [0, 0.1) is 6.92 Å². The number of aromatic nitrogens is 1. The topological polar surface area (TPSA) is 94.8 Å². The highest BCUT2D eigenvalue weighted by Gasteiger charge is 2.16. The number of rotatable bonds is 7. The van der Waals surface area contributed by atoms with Gasteiger partial charge < -0.3 is 9.30 Å². The molecule has 3 aromatic rings. The molecule has 0 fully saturated rings. The van der Waals surface area contributed by atoms with Gasteiger partial charge in [-0.1, -0.05) is 45.0 Å². The van der Waals surface area contributed by atoms with Crippen LogP contribution in [0.1, 0.15) is 18.4 Å². The molecule has 0 aliphatic heterocycles. The largest absolute Gasteiger partial charge is 0.468 e. The van der Waals surface area contributed by atoms with Gasteiger partial charge in [0.25, 0.3) is 0 Å². The number of hydrogen-bond acceptors (Lipinski definition) is 6. The second-order valence-electron chi connectivity index (χ2n) is 6.90. The third-order valence-corrected chi connectivity index (χ3v) is 7.91. The van der Waals surface area contributed by atoms with Crippen molar-refractivity contribution in [3.8, 4) is 0 Å². The Morgan fingerprint density at radius 2 is 1.87 bits per heavy atom. The molecule has 0 saturated carbocycles.